The molecule has 0 bridgehead atoms. The number of amides is 2. The molecular formula is C14H16F2N2O2. The molecule has 1 N–H and O–H groups in total. The zero-order chi connectivity index (χ0) is 15.0. The minimum absolute atomic E-state index is 0.225. The molecule has 2 unspecified atom stereocenters. The zero-order valence-electron chi connectivity index (χ0n) is 11.5. The van der Waals surface area contributed by atoms with Crippen LogP contribution in [0, 0.1) is 18.6 Å². The van der Waals surface area contributed by atoms with Crippen molar-refractivity contribution in [3.05, 3.63) is 29.3 Å². The van der Waals surface area contributed by atoms with Gasteiger partial charge in [-0.3, -0.25) is 14.5 Å². The summed E-state index contributed by atoms with van der Waals surface area (Å²) >= 11 is 0. The number of hydrogen-bond acceptors (Lipinski definition) is 2. The predicted molar refractivity (Wildman–Crippen MR) is 70.3 cm³/mol. The molecule has 4 nitrogen and oxygen atoms in total. The Labute approximate surface area is 115 Å². The van der Waals surface area contributed by atoms with Gasteiger partial charge in [0.1, 0.15) is 23.6 Å². The molecule has 1 aromatic rings. The first-order valence-corrected chi connectivity index (χ1v) is 6.46. The summed E-state index contributed by atoms with van der Waals surface area (Å²) in [4.78, 5) is 25.1. The standard InChI is InChI=1S/C14H16F2N2O2/c1-4-10-13(19)17-8(3)14(20)18(10)12-9(15)6-5-7(2)11(12)16/h5-6,8,10H,4H2,1-3H3,(H,17,19). The molecule has 1 aromatic carbocycles. The number of carbonyl (C=O) groups is 2. The Morgan fingerprint density at radius 2 is 1.95 bits per heavy atom. The zero-order valence-corrected chi connectivity index (χ0v) is 11.5. The van der Waals surface area contributed by atoms with Gasteiger partial charge in [-0.1, -0.05) is 13.0 Å². The van der Waals surface area contributed by atoms with Crippen LogP contribution >= 0.6 is 0 Å². The van der Waals surface area contributed by atoms with Crippen molar-refractivity contribution in [3.8, 4) is 0 Å². The first-order valence-electron chi connectivity index (χ1n) is 6.46. The van der Waals surface area contributed by atoms with Crippen LogP contribution in [0.1, 0.15) is 25.8 Å². The van der Waals surface area contributed by atoms with Gasteiger partial charge in [0.05, 0.1) is 0 Å². The lowest BCUT2D eigenvalue weighted by Crippen LogP contribution is -2.63. The second kappa shape index (κ2) is 5.19. The number of anilines is 1. The largest absolute Gasteiger partial charge is 0.343 e. The highest BCUT2D eigenvalue weighted by Crippen LogP contribution is 2.30. The number of aryl methyl sites for hydroxylation is 1. The second-order valence-electron chi connectivity index (χ2n) is 4.89. The van der Waals surface area contributed by atoms with Gasteiger partial charge in [-0.2, -0.15) is 0 Å². The summed E-state index contributed by atoms with van der Waals surface area (Å²) in [5, 5.41) is 2.51. The first-order chi connectivity index (χ1) is 9.38. The fourth-order valence-electron chi connectivity index (χ4n) is 2.35. The van der Waals surface area contributed by atoms with Gasteiger partial charge in [0.25, 0.3) is 0 Å². The number of nitrogens with zero attached hydrogens (tertiary/aromatic N) is 1. The molecule has 0 spiro atoms. The van der Waals surface area contributed by atoms with Crippen LogP contribution in [0.3, 0.4) is 0 Å². The van der Waals surface area contributed by atoms with Crippen molar-refractivity contribution < 1.29 is 18.4 Å². The third kappa shape index (κ3) is 2.15. The summed E-state index contributed by atoms with van der Waals surface area (Å²) in [6.07, 6.45) is 0.275. The van der Waals surface area contributed by atoms with Gasteiger partial charge in [0.15, 0.2) is 5.82 Å². The molecule has 0 saturated carbocycles. The van der Waals surface area contributed by atoms with Gasteiger partial charge in [-0.05, 0) is 31.9 Å². The molecule has 0 radical (unpaired) electrons. The lowest BCUT2D eigenvalue weighted by molar-refractivity contribution is -0.133. The second-order valence-corrected chi connectivity index (χ2v) is 4.89. The van der Waals surface area contributed by atoms with E-state index in [-0.39, 0.29) is 12.0 Å². The normalized spacial score (nSPS) is 22.9. The van der Waals surface area contributed by atoms with Gasteiger partial charge < -0.3 is 5.32 Å². The van der Waals surface area contributed by atoms with Crippen LogP contribution in [0.15, 0.2) is 12.1 Å². The average Bonchev–Trinajstić information content (AvgIpc) is 2.40. The van der Waals surface area contributed by atoms with E-state index >= 15 is 0 Å². The predicted octanol–water partition coefficient (Wildman–Crippen LogP) is 1.90. The quantitative estimate of drug-likeness (QED) is 0.900. The van der Waals surface area contributed by atoms with Crippen molar-refractivity contribution in [2.45, 2.75) is 39.3 Å². The summed E-state index contributed by atoms with van der Waals surface area (Å²) in [6, 6.07) is 0.701. The maximum Gasteiger partial charge on any atom is 0.250 e. The Hall–Kier alpha value is -1.98. The molecule has 1 saturated heterocycles. The van der Waals surface area contributed by atoms with E-state index in [1.165, 1.54) is 19.9 Å². The molecule has 20 heavy (non-hydrogen) atoms. The van der Waals surface area contributed by atoms with E-state index in [1.807, 2.05) is 0 Å². The summed E-state index contributed by atoms with van der Waals surface area (Å²) in [5.74, 6) is -2.57. The lowest BCUT2D eigenvalue weighted by Gasteiger charge is -2.37. The van der Waals surface area contributed by atoms with Gasteiger partial charge in [0.2, 0.25) is 11.8 Å². The molecule has 108 valence electrons. The third-order valence-electron chi connectivity index (χ3n) is 3.47. The maximum atomic E-state index is 14.2. The number of piperazine rings is 1. The highest BCUT2D eigenvalue weighted by atomic mass is 19.1. The van der Waals surface area contributed by atoms with Gasteiger partial charge in [0, 0.05) is 0 Å². The van der Waals surface area contributed by atoms with Crippen LogP contribution in [0.25, 0.3) is 0 Å². The number of carbonyl (C=O) groups excluding carboxylic acids is 2. The van der Waals surface area contributed by atoms with E-state index < -0.39 is 41.2 Å². The fraction of sp³-hybridized carbons (Fsp3) is 0.429. The highest BCUT2D eigenvalue weighted by molar-refractivity contribution is 6.08. The van der Waals surface area contributed by atoms with Gasteiger partial charge in [-0.15, -0.1) is 0 Å². The molecule has 2 atom stereocenters. The SMILES string of the molecule is CCC1C(=O)NC(C)C(=O)N1c1c(F)ccc(C)c1F. The average molecular weight is 282 g/mol. The van der Waals surface area contributed by atoms with E-state index in [0.29, 0.717) is 0 Å². The molecule has 6 heteroatoms. The van der Waals surface area contributed by atoms with Crippen LogP contribution in [0.2, 0.25) is 0 Å². The third-order valence-corrected chi connectivity index (χ3v) is 3.47. The summed E-state index contributed by atoms with van der Waals surface area (Å²) in [7, 11) is 0. The maximum absolute atomic E-state index is 14.2. The van der Waals surface area contributed by atoms with Crippen LogP contribution in [-0.2, 0) is 9.59 Å². The number of nitrogens with one attached hydrogen (secondary N) is 1. The summed E-state index contributed by atoms with van der Waals surface area (Å²) in [6.45, 7) is 4.66. The minimum atomic E-state index is -0.899. The van der Waals surface area contributed by atoms with Crippen LogP contribution < -0.4 is 10.2 Å². The van der Waals surface area contributed by atoms with E-state index in [0.717, 1.165) is 11.0 Å². The highest BCUT2D eigenvalue weighted by Gasteiger charge is 2.40. The number of benzene rings is 1. The Bertz CT molecular complexity index is 575. The number of halogens is 2. The molecule has 2 amide bonds. The Morgan fingerprint density at radius 3 is 2.55 bits per heavy atom. The Balaban J connectivity index is 2.60. The summed E-state index contributed by atoms with van der Waals surface area (Å²) in [5.41, 5.74) is -0.216. The molecule has 1 fully saturated rings. The molecule has 1 aliphatic rings. The fourth-order valence-corrected chi connectivity index (χ4v) is 2.35. The molecule has 1 heterocycles. The Morgan fingerprint density at radius 1 is 1.30 bits per heavy atom. The molecule has 0 aromatic heterocycles. The van der Waals surface area contributed by atoms with E-state index in [2.05, 4.69) is 5.32 Å². The van der Waals surface area contributed by atoms with E-state index in [1.54, 1.807) is 6.92 Å². The molecule has 2 rings (SSSR count). The minimum Gasteiger partial charge on any atom is -0.343 e. The lowest BCUT2D eigenvalue weighted by atomic mass is 10.0. The molecule has 0 aliphatic carbocycles. The molecular weight excluding hydrogens is 266 g/mol. The summed E-state index contributed by atoms with van der Waals surface area (Å²) < 4.78 is 28.2. The van der Waals surface area contributed by atoms with Crippen molar-refractivity contribution in [1.29, 1.82) is 0 Å². The number of rotatable bonds is 2. The topological polar surface area (TPSA) is 49.4 Å². The van der Waals surface area contributed by atoms with Crippen LogP contribution in [0.4, 0.5) is 14.5 Å². The molecule has 1 aliphatic heterocycles. The van der Waals surface area contributed by atoms with Crippen LogP contribution in [-0.4, -0.2) is 23.9 Å². The van der Waals surface area contributed by atoms with Gasteiger partial charge in [-0.25, -0.2) is 8.78 Å². The van der Waals surface area contributed by atoms with Crippen molar-refractivity contribution in [1.82, 2.24) is 5.32 Å². The number of hydrogen-bond donors (Lipinski definition) is 1. The van der Waals surface area contributed by atoms with E-state index in [9.17, 15) is 18.4 Å². The van der Waals surface area contributed by atoms with Gasteiger partial charge >= 0.3 is 0 Å². The van der Waals surface area contributed by atoms with Crippen molar-refractivity contribution >= 4 is 17.5 Å². The van der Waals surface area contributed by atoms with Crippen molar-refractivity contribution in [3.63, 3.8) is 0 Å². The van der Waals surface area contributed by atoms with Crippen molar-refractivity contribution in [2.24, 2.45) is 0 Å². The van der Waals surface area contributed by atoms with E-state index in [4.69, 9.17) is 0 Å². The smallest absolute Gasteiger partial charge is 0.250 e. The first kappa shape index (κ1) is 14.4. The van der Waals surface area contributed by atoms with Crippen molar-refractivity contribution in [2.75, 3.05) is 4.90 Å². The Kier molecular flexibility index (Phi) is 3.74. The van der Waals surface area contributed by atoms with Crippen LogP contribution in [0.5, 0.6) is 0 Å². The monoisotopic (exact) mass is 282 g/mol.